The van der Waals surface area contributed by atoms with Crippen molar-refractivity contribution in [3.63, 3.8) is 0 Å². The van der Waals surface area contributed by atoms with Gasteiger partial charge >= 0.3 is 0 Å². The van der Waals surface area contributed by atoms with E-state index in [1.165, 1.54) is 6.07 Å². The molecule has 0 aliphatic rings. The molecule has 0 saturated heterocycles. The largest absolute Gasteiger partial charge is 0.494 e. The lowest BCUT2D eigenvalue weighted by Crippen LogP contribution is -2.11. The zero-order chi connectivity index (χ0) is 20.6. The van der Waals surface area contributed by atoms with Gasteiger partial charge in [-0.3, -0.25) is 10.1 Å². The molecule has 1 aromatic heterocycles. The number of nitro benzene ring substituents is 1. The molecule has 8 heteroatoms. The van der Waals surface area contributed by atoms with Crippen LogP contribution in [-0.4, -0.2) is 34.8 Å². The van der Waals surface area contributed by atoms with Crippen LogP contribution in [0.3, 0.4) is 0 Å². The van der Waals surface area contributed by atoms with Crippen molar-refractivity contribution in [2.75, 3.05) is 25.6 Å². The Bertz CT molecular complexity index is 954. The van der Waals surface area contributed by atoms with Crippen LogP contribution in [0.2, 0.25) is 0 Å². The summed E-state index contributed by atoms with van der Waals surface area (Å²) < 4.78 is 12.8. The number of non-ortho nitro benzene ring substituents is 1. The van der Waals surface area contributed by atoms with Crippen molar-refractivity contribution in [2.45, 2.75) is 20.0 Å². The summed E-state index contributed by atoms with van der Waals surface area (Å²) in [6.07, 6.45) is 1.81. The van der Waals surface area contributed by atoms with E-state index >= 15 is 0 Å². The van der Waals surface area contributed by atoms with Crippen LogP contribution in [0, 0.1) is 10.1 Å². The van der Waals surface area contributed by atoms with Crippen LogP contribution >= 0.6 is 0 Å². The average molecular weight is 396 g/mol. The standard InChI is InChI=1S/C21H24N4O4/c1-3-29-19-9-7-17(8-10-19)20-15-23-21(24(20)11-12-28-2)22-14-16-5-4-6-18(13-16)25(26)27/h4-10,13,15H,3,11-12,14H2,1-2H3,(H,22,23). The highest BCUT2D eigenvalue weighted by molar-refractivity contribution is 5.62. The van der Waals surface area contributed by atoms with Gasteiger partial charge in [-0.25, -0.2) is 4.98 Å². The van der Waals surface area contributed by atoms with Crippen molar-refractivity contribution in [1.82, 2.24) is 9.55 Å². The highest BCUT2D eigenvalue weighted by Crippen LogP contribution is 2.26. The number of hydrogen-bond donors (Lipinski definition) is 1. The minimum absolute atomic E-state index is 0.0714. The third-order valence-electron chi connectivity index (χ3n) is 4.41. The molecule has 0 aliphatic heterocycles. The third-order valence-corrected chi connectivity index (χ3v) is 4.41. The maximum absolute atomic E-state index is 11.0. The fourth-order valence-corrected chi connectivity index (χ4v) is 3.01. The molecule has 2 aromatic carbocycles. The number of aromatic nitrogens is 2. The highest BCUT2D eigenvalue weighted by atomic mass is 16.6. The zero-order valence-electron chi connectivity index (χ0n) is 16.5. The van der Waals surface area contributed by atoms with Crippen LogP contribution < -0.4 is 10.1 Å². The quantitative estimate of drug-likeness (QED) is 0.409. The van der Waals surface area contributed by atoms with Crippen molar-refractivity contribution in [3.05, 3.63) is 70.4 Å². The summed E-state index contributed by atoms with van der Waals surface area (Å²) in [6, 6.07) is 14.4. The molecule has 1 heterocycles. The first-order valence-electron chi connectivity index (χ1n) is 9.37. The van der Waals surface area contributed by atoms with Gasteiger partial charge in [0.1, 0.15) is 5.75 Å². The molecule has 29 heavy (non-hydrogen) atoms. The number of nitrogens with one attached hydrogen (secondary N) is 1. The molecular weight excluding hydrogens is 372 g/mol. The second kappa shape index (κ2) is 9.70. The highest BCUT2D eigenvalue weighted by Gasteiger charge is 2.13. The second-order valence-electron chi connectivity index (χ2n) is 6.35. The van der Waals surface area contributed by atoms with Crippen molar-refractivity contribution in [2.24, 2.45) is 0 Å². The molecule has 0 saturated carbocycles. The van der Waals surface area contributed by atoms with Crippen molar-refractivity contribution >= 4 is 11.6 Å². The topological polar surface area (TPSA) is 91.5 Å². The molecule has 1 N–H and O–H groups in total. The van der Waals surface area contributed by atoms with E-state index in [0.29, 0.717) is 32.3 Å². The molecule has 0 unspecified atom stereocenters. The van der Waals surface area contributed by atoms with Gasteiger partial charge in [-0.1, -0.05) is 12.1 Å². The lowest BCUT2D eigenvalue weighted by atomic mass is 10.1. The number of ether oxygens (including phenoxy) is 2. The van der Waals surface area contributed by atoms with Gasteiger partial charge in [-0.15, -0.1) is 0 Å². The molecule has 0 fully saturated rings. The van der Waals surface area contributed by atoms with E-state index in [0.717, 1.165) is 22.6 Å². The number of nitrogens with zero attached hydrogens (tertiary/aromatic N) is 3. The normalized spacial score (nSPS) is 10.7. The lowest BCUT2D eigenvalue weighted by molar-refractivity contribution is -0.384. The number of rotatable bonds is 10. The number of imidazole rings is 1. The molecule has 0 spiro atoms. The third kappa shape index (κ3) is 5.11. The number of benzene rings is 2. The van der Waals surface area contributed by atoms with E-state index < -0.39 is 4.92 Å². The fourth-order valence-electron chi connectivity index (χ4n) is 3.01. The molecule has 0 bridgehead atoms. The maximum Gasteiger partial charge on any atom is 0.269 e. The van der Waals surface area contributed by atoms with Crippen molar-refractivity contribution in [3.8, 4) is 17.0 Å². The summed E-state index contributed by atoms with van der Waals surface area (Å²) in [5.41, 5.74) is 2.84. The Morgan fingerprint density at radius 2 is 2.00 bits per heavy atom. The predicted octanol–water partition coefficient (Wildman–Crippen LogP) is 4.12. The van der Waals surface area contributed by atoms with Crippen LogP contribution in [0.25, 0.3) is 11.3 Å². The molecule has 0 amide bonds. The van der Waals surface area contributed by atoms with Gasteiger partial charge in [0.05, 0.1) is 30.0 Å². The van der Waals surface area contributed by atoms with E-state index in [-0.39, 0.29) is 5.69 Å². The van der Waals surface area contributed by atoms with E-state index in [9.17, 15) is 10.1 Å². The number of methoxy groups -OCH3 is 1. The number of hydrogen-bond acceptors (Lipinski definition) is 6. The first-order chi connectivity index (χ1) is 14.1. The SMILES string of the molecule is CCOc1ccc(-c2cnc(NCc3cccc([N+](=O)[O-])c3)n2CCOC)cc1. The van der Waals surface area contributed by atoms with Gasteiger partial charge < -0.3 is 19.4 Å². The van der Waals surface area contributed by atoms with E-state index in [2.05, 4.69) is 10.3 Å². The van der Waals surface area contributed by atoms with Gasteiger partial charge in [-0.2, -0.15) is 0 Å². The van der Waals surface area contributed by atoms with Gasteiger partial charge in [0.15, 0.2) is 0 Å². The van der Waals surface area contributed by atoms with Crippen molar-refractivity contribution in [1.29, 1.82) is 0 Å². The van der Waals surface area contributed by atoms with Crippen LogP contribution in [-0.2, 0) is 17.8 Å². The summed E-state index contributed by atoms with van der Waals surface area (Å²) in [5.74, 6) is 1.50. The fraction of sp³-hybridized carbons (Fsp3) is 0.286. The minimum atomic E-state index is -0.396. The number of nitro groups is 1. The van der Waals surface area contributed by atoms with E-state index in [1.807, 2.05) is 41.8 Å². The maximum atomic E-state index is 11.0. The Kier molecular flexibility index (Phi) is 6.80. The zero-order valence-corrected chi connectivity index (χ0v) is 16.5. The summed E-state index contributed by atoms with van der Waals surface area (Å²) >= 11 is 0. The lowest BCUT2D eigenvalue weighted by Gasteiger charge is -2.13. The Morgan fingerprint density at radius 1 is 1.21 bits per heavy atom. The Hall–Kier alpha value is -3.39. The van der Waals surface area contributed by atoms with Crippen molar-refractivity contribution < 1.29 is 14.4 Å². The molecule has 0 aliphatic carbocycles. The molecule has 0 atom stereocenters. The Morgan fingerprint density at radius 3 is 2.69 bits per heavy atom. The Balaban J connectivity index is 1.81. The van der Waals surface area contributed by atoms with Crippen LogP contribution in [0.5, 0.6) is 5.75 Å². The smallest absolute Gasteiger partial charge is 0.269 e. The van der Waals surface area contributed by atoms with Gasteiger partial charge in [0.2, 0.25) is 5.95 Å². The van der Waals surface area contributed by atoms with Gasteiger partial charge in [-0.05, 0) is 36.8 Å². The molecule has 0 radical (unpaired) electrons. The second-order valence-corrected chi connectivity index (χ2v) is 6.35. The summed E-state index contributed by atoms with van der Waals surface area (Å²) in [6.45, 7) is 4.15. The van der Waals surface area contributed by atoms with Gasteiger partial charge in [0.25, 0.3) is 5.69 Å². The molecule has 3 rings (SSSR count). The summed E-state index contributed by atoms with van der Waals surface area (Å²) in [5, 5.41) is 14.2. The minimum Gasteiger partial charge on any atom is -0.494 e. The Labute approximate surface area is 169 Å². The van der Waals surface area contributed by atoms with Crippen LogP contribution in [0.4, 0.5) is 11.6 Å². The summed E-state index contributed by atoms with van der Waals surface area (Å²) in [7, 11) is 1.66. The molecule has 152 valence electrons. The first kappa shape index (κ1) is 20.3. The van der Waals surface area contributed by atoms with Crippen LogP contribution in [0.1, 0.15) is 12.5 Å². The first-order valence-corrected chi connectivity index (χ1v) is 9.37. The molecule has 3 aromatic rings. The van der Waals surface area contributed by atoms with E-state index in [1.54, 1.807) is 25.4 Å². The van der Waals surface area contributed by atoms with E-state index in [4.69, 9.17) is 9.47 Å². The summed E-state index contributed by atoms with van der Waals surface area (Å²) in [4.78, 5) is 15.1. The van der Waals surface area contributed by atoms with Crippen LogP contribution in [0.15, 0.2) is 54.7 Å². The average Bonchev–Trinajstić information content (AvgIpc) is 3.14. The van der Waals surface area contributed by atoms with Gasteiger partial charge in [0, 0.05) is 37.9 Å². The number of anilines is 1. The monoisotopic (exact) mass is 396 g/mol. The molecule has 8 nitrogen and oxygen atoms in total. The molecular formula is C21H24N4O4. The predicted molar refractivity (Wildman–Crippen MR) is 111 cm³/mol.